The Bertz CT molecular complexity index is 791. The molecule has 3 atom stereocenters. The molecule has 0 amide bonds. The van der Waals surface area contributed by atoms with Gasteiger partial charge in [-0.15, -0.1) is 6.58 Å². The van der Waals surface area contributed by atoms with Gasteiger partial charge >= 0.3 is 5.97 Å². The fraction of sp³-hybridized carbons (Fsp3) is 0.300. The summed E-state index contributed by atoms with van der Waals surface area (Å²) in [6, 6.07) is 9.27. The number of cyclic esters (lactones) is 1. The molecule has 1 aromatic carbocycles. The van der Waals surface area contributed by atoms with Crippen molar-refractivity contribution in [2.24, 2.45) is 5.41 Å². The summed E-state index contributed by atoms with van der Waals surface area (Å²) in [6.45, 7) is 5.69. The maximum absolute atomic E-state index is 12.7. The van der Waals surface area contributed by atoms with Crippen molar-refractivity contribution in [3.05, 3.63) is 76.6 Å². The number of esters is 1. The molecule has 3 rings (SSSR count). The summed E-state index contributed by atoms with van der Waals surface area (Å²) >= 11 is 12.1. The highest BCUT2D eigenvalue weighted by molar-refractivity contribution is 6.30. The number of ether oxygens (including phenoxy) is 1. The van der Waals surface area contributed by atoms with Gasteiger partial charge in [0.15, 0.2) is 0 Å². The normalized spacial score (nSPS) is 26.1. The second-order valence-corrected chi connectivity index (χ2v) is 7.55. The molecular weight excluding hydrogens is 357 g/mol. The largest absolute Gasteiger partial charge is 0.456 e. The van der Waals surface area contributed by atoms with Crippen LogP contribution in [0.3, 0.4) is 0 Å². The SMILES string of the molecule is C=CC[C@]1(C)C[C@@H](c2cncc(Cl)c2)[C@@H](c2ccc(Cl)cc2)OC1=O. The van der Waals surface area contributed by atoms with E-state index in [4.69, 9.17) is 27.9 Å². The van der Waals surface area contributed by atoms with Crippen LogP contribution < -0.4 is 0 Å². The molecule has 25 heavy (non-hydrogen) atoms. The minimum absolute atomic E-state index is 0.0463. The van der Waals surface area contributed by atoms with E-state index in [-0.39, 0.29) is 11.9 Å². The average molecular weight is 376 g/mol. The third-order valence-electron chi connectivity index (χ3n) is 4.71. The number of pyridine rings is 1. The zero-order valence-electron chi connectivity index (χ0n) is 13.9. The first-order valence-electron chi connectivity index (χ1n) is 8.11. The molecule has 1 aromatic heterocycles. The first-order valence-corrected chi connectivity index (χ1v) is 8.86. The van der Waals surface area contributed by atoms with E-state index in [9.17, 15) is 4.79 Å². The number of halogens is 2. The minimum Gasteiger partial charge on any atom is -0.456 e. The van der Waals surface area contributed by atoms with Gasteiger partial charge < -0.3 is 4.74 Å². The number of rotatable bonds is 4. The number of hydrogen-bond donors (Lipinski definition) is 0. The van der Waals surface area contributed by atoms with Gasteiger partial charge in [0.2, 0.25) is 0 Å². The summed E-state index contributed by atoms with van der Waals surface area (Å²) in [5.74, 6) is -0.256. The summed E-state index contributed by atoms with van der Waals surface area (Å²) in [4.78, 5) is 16.9. The maximum atomic E-state index is 12.7. The number of carbonyl (C=O) groups is 1. The van der Waals surface area contributed by atoms with E-state index < -0.39 is 11.5 Å². The van der Waals surface area contributed by atoms with Crippen LogP contribution in [0.5, 0.6) is 0 Å². The van der Waals surface area contributed by atoms with Crippen LogP contribution >= 0.6 is 23.2 Å². The number of allylic oxidation sites excluding steroid dienone is 1. The van der Waals surface area contributed by atoms with E-state index in [2.05, 4.69) is 11.6 Å². The predicted octanol–water partition coefficient (Wildman–Crippen LogP) is 5.74. The fourth-order valence-electron chi connectivity index (χ4n) is 3.38. The van der Waals surface area contributed by atoms with Crippen LogP contribution in [-0.4, -0.2) is 11.0 Å². The number of carbonyl (C=O) groups excluding carboxylic acids is 1. The quantitative estimate of drug-likeness (QED) is 0.504. The summed E-state index contributed by atoms with van der Waals surface area (Å²) in [6.07, 6.45) is 5.93. The van der Waals surface area contributed by atoms with Gasteiger partial charge in [-0.2, -0.15) is 0 Å². The van der Waals surface area contributed by atoms with E-state index >= 15 is 0 Å². The Morgan fingerprint density at radius 1 is 1.24 bits per heavy atom. The van der Waals surface area contributed by atoms with Crippen LogP contribution in [-0.2, 0) is 9.53 Å². The Hall–Kier alpha value is -1.84. The van der Waals surface area contributed by atoms with Crippen LogP contribution in [0.25, 0.3) is 0 Å². The molecule has 0 N–H and O–H groups in total. The molecule has 1 saturated heterocycles. The van der Waals surface area contributed by atoms with Crippen molar-refractivity contribution >= 4 is 29.2 Å². The van der Waals surface area contributed by atoms with Crippen LogP contribution in [0.2, 0.25) is 10.0 Å². The highest BCUT2D eigenvalue weighted by atomic mass is 35.5. The molecule has 1 aliphatic heterocycles. The van der Waals surface area contributed by atoms with Crippen molar-refractivity contribution in [3.63, 3.8) is 0 Å². The smallest absolute Gasteiger partial charge is 0.312 e. The van der Waals surface area contributed by atoms with Crippen molar-refractivity contribution in [1.82, 2.24) is 4.98 Å². The van der Waals surface area contributed by atoms with Gasteiger partial charge in [0.25, 0.3) is 0 Å². The molecule has 0 saturated carbocycles. The molecule has 0 radical (unpaired) electrons. The van der Waals surface area contributed by atoms with Gasteiger partial charge in [-0.25, -0.2) is 0 Å². The van der Waals surface area contributed by atoms with Crippen molar-refractivity contribution in [2.75, 3.05) is 0 Å². The highest BCUT2D eigenvalue weighted by Gasteiger charge is 2.46. The molecule has 2 aromatic rings. The molecule has 1 fully saturated rings. The second kappa shape index (κ2) is 7.19. The van der Waals surface area contributed by atoms with Crippen LogP contribution in [0.4, 0.5) is 0 Å². The molecule has 0 unspecified atom stereocenters. The first kappa shape index (κ1) is 18.0. The lowest BCUT2D eigenvalue weighted by molar-refractivity contribution is -0.171. The second-order valence-electron chi connectivity index (χ2n) is 6.68. The molecule has 1 aliphatic rings. The van der Waals surface area contributed by atoms with Crippen molar-refractivity contribution < 1.29 is 9.53 Å². The Labute approximate surface area is 157 Å². The molecule has 5 heteroatoms. The van der Waals surface area contributed by atoms with Gasteiger partial charge in [0, 0.05) is 23.3 Å². The highest BCUT2D eigenvalue weighted by Crippen LogP contribution is 2.49. The van der Waals surface area contributed by atoms with E-state index in [0.29, 0.717) is 22.9 Å². The Morgan fingerprint density at radius 3 is 2.60 bits per heavy atom. The summed E-state index contributed by atoms with van der Waals surface area (Å²) in [7, 11) is 0. The molecule has 130 valence electrons. The zero-order valence-corrected chi connectivity index (χ0v) is 15.4. The van der Waals surface area contributed by atoms with Crippen LogP contribution in [0.1, 0.15) is 42.9 Å². The van der Waals surface area contributed by atoms with Gasteiger partial charge in [-0.1, -0.05) is 41.4 Å². The minimum atomic E-state index is -0.613. The standard InChI is InChI=1S/C20H19Cl2NO2/c1-3-8-20(2)10-17(14-9-16(22)12-23-11-14)18(25-19(20)24)13-4-6-15(21)7-5-13/h3-7,9,11-12,17-18H,1,8,10H2,2H3/t17-,18+,20+/m0/s1. The number of benzene rings is 1. The van der Waals surface area contributed by atoms with Gasteiger partial charge in [0.05, 0.1) is 10.4 Å². The summed E-state index contributed by atoms with van der Waals surface area (Å²) in [5, 5.41) is 1.21. The molecule has 2 heterocycles. The number of nitrogens with zero attached hydrogens (tertiary/aromatic N) is 1. The average Bonchev–Trinajstić information content (AvgIpc) is 2.58. The molecule has 0 bridgehead atoms. The van der Waals surface area contributed by atoms with Crippen molar-refractivity contribution in [2.45, 2.75) is 31.8 Å². The van der Waals surface area contributed by atoms with E-state index in [1.54, 1.807) is 30.6 Å². The number of aromatic nitrogens is 1. The molecule has 0 spiro atoms. The number of hydrogen-bond acceptors (Lipinski definition) is 3. The zero-order chi connectivity index (χ0) is 18.0. The lowest BCUT2D eigenvalue weighted by Crippen LogP contribution is -2.39. The topological polar surface area (TPSA) is 39.2 Å². The van der Waals surface area contributed by atoms with E-state index in [0.717, 1.165) is 11.1 Å². The van der Waals surface area contributed by atoms with Gasteiger partial charge in [-0.3, -0.25) is 9.78 Å². The molecular formula is C20H19Cl2NO2. The summed E-state index contributed by atoms with van der Waals surface area (Å²) in [5.41, 5.74) is 1.25. The van der Waals surface area contributed by atoms with Gasteiger partial charge in [-0.05, 0) is 49.1 Å². The van der Waals surface area contributed by atoms with E-state index in [1.165, 1.54) is 0 Å². The third kappa shape index (κ3) is 3.73. The Kier molecular flexibility index (Phi) is 5.16. The van der Waals surface area contributed by atoms with Gasteiger partial charge in [0.1, 0.15) is 6.10 Å². The fourth-order valence-corrected chi connectivity index (χ4v) is 3.69. The van der Waals surface area contributed by atoms with Crippen molar-refractivity contribution in [3.8, 4) is 0 Å². The van der Waals surface area contributed by atoms with Crippen LogP contribution in [0.15, 0.2) is 55.4 Å². The van der Waals surface area contributed by atoms with Crippen molar-refractivity contribution in [1.29, 1.82) is 0 Å². The Balaban J connectivity index is 2.03. The summed E-state index contributed by atoms with van der Waals surface area (Å²) < 4.78 is 5.89. The molecule has 0 aliphatic carbocycles. The monoisotopic (exact) mass is 375 g/mol. The molecule has 3 nitrogen and oxygen atoms in total. The van der Waals surface area contributed by atoms with Crippen LogP contribution in [0, 0.1) is 5.41 Å². The first-order chi connectivity index (χ1) is 11.9. The lowest BCUT2D eigenvalue weighted by Gasteiger charge is -2.41. The predicted molar refractivity (Wildman–Crippen MR) is 99.8 cm³/mol. The maximum Gasteiger partial charge on any atom is 0.312 e. The Morgan fingerprint density at radius 2 is 1.96 bits per heavy atom. The van der Waals surface area contributed by atoms with E-state index in [1.807, 2.05) is 25.1 Å². The third-order valence-corrected chi connectivity index (χ3v) is 5.17. The lowest BCUT2D eigenvalue weighted by atomic mass is 9.71.